The number of likely N-dealkylation sites (tertiary alicyclic amines) is 1. The van der Waals surface area contributed by atoms with Crippen LogP contribution >= 0.6 is 11.8 Å². The minimum absolute atomic E-state index is 0.361. The molecule has 96 valence electrons. The minimum atomic E-state index is -3.27. The first-order valence-electron chi connectivity index (χ1n) is 5.24. The summed E-state index contributed by atoms with van der Waals surface area (Å²) in [6.07, 6.45) is 4.13. The predicted octanol–water partition coefficient (Wildman–Crippen LogP) is 0.279. The molecule has 1 heterocycles. The average Bonchev–Trinajstić information content (AvgIpc) is 2.27. The van der Waals surface area contributed by atoms with Gasteiger partial charge in [0.1, 0.15) is 10.5 Å². The number of rotatable bonds is 3. The largest absolute Gasteiger partial charge is 0.342 e. The molecule has 0 aromatic rings. The smallest absolute Gasteiger partial charge is 0.237 e. The number of sulfone groups is 1. The van der Waals surface area contributed by atoms with Crippen molar-refractivity contribution in [2.24, 2.45) is 0 Å². The zero-order valence-corrected chi connectivity index (χ0v) is 11.6. The molecule has 1 aliphatic rings. The summed E-state index contributed by atoms with van der Waals surface area (Å²) in [7, 11) is -3.27. The highest BCUT2D eigenvalue weighted by molar-refractivity contribution is 8.00. The summed E-state index contributed by atoms with van der Waals surface area (Å²) in [6.45, 7) is 0.922. The van der Waals surface area contributed by atoms with Crippen molar-refractivity contribution >= 4 is 27.5 Å². The lowest BCUT2D eigenvalue weighted by Gasteiger charge is -2.36. The Hall–Kier alpha value is -0.740. The van der Waals surface area contributed by atoms with Crippen LogP contribution in [-0.2, 0) is 14.6 Å². The Morgan fingerprint density at radius 3 is 2.35 bits per heavy atom. The molecule has 0 radical (unpaired) electrons. The van der Waals surface area contributed by atoms with Gasteiger partial charge in [0.15, 0.2) is 9.84 Å². The maximum atomic E-state index is 11.7. The third kappa shape index (κ3) is 3.89. The summed E-state index contributed by atoms with van der Waals surface area (Å²) in [6, 6.07) is 2.28. The number of thioether (sulfide) groups is 1. The van der Waals surface area contributed by atoms with Crippen LogP contribution in [0.1, 0.15) is 12.8 Å². The third-order valence-electron chi connectivity index (χ3n) is 2.90. The molecule has 0 bridgehead atoms. The van der Waals surface area contributed by atoms with Gasteiger partial charge in [-0.15, -0.1) is 11.8 Å². The van der Waals surface area contributed by atoms with Crippen LogP contribution in [0.4, 0.5) is 0 Å². The fourth-order valence-corrected chi connectivity index (χ4v) is 3.11. The molecule has 0 N–H and O–H groups in total. The number of nitriles is 1. The number of hydrogen-bond acceptors (Lipinski definition) is 5. The molecule has 17 heavy (non-hydrogen) atoms. The molecular weight excluding hydrogens is 260 g/mol. The lowest BCUT2D eigenvalue weighted by Crippen LogP contribution is -2.46. The molecule has 0 spiro atoms. The SMILES string of the molecule is CSC1(C#N)CCN(C(=O)CS(C)(=O)=O)CC1. The number of nitrogens with zero attached hydrogens (tertiary/aromatic N) is 2. The van der Waals surface area contributed by atoms with Crippen molar-refractivity contribution in [3.63, 3.8) is 0 Å². The molecule has 0 saturated carbocycles. The highest BCUT2D eigenvalue weighted by atomic mass is 32.2. The fraction of sp³-hybridized carbons (Fsp3) is 0.800. The number of hydrogen-bond donors (Lipinski definition) is 0. The molecule has 0 aromatic carbocycles. The van der Waals surface area contributed by atoms with Crippen LogP contribution < -0.4 is 0 Å². The maximum Gasteiger partial charge on any atom is 0.237 e. The highest BCUT2D eigenvalue weighted by Gasteiger charge is 2.35. The summed E-state index contributed by atoms with van der Waals surface area (Å²) in [5.41, 5.74) is 0. The predicted molar refractivity (Wildman–Crippen MR) is 67.4 cm³/mol. The van der Waals surface area contributed by atoms with Gasteiger partial charge in [0.05, 0.1) is 6.07 Å². The van der Waals surface area contributed by atoms with E-state index in [9.17, 15) is 13.2 Å². The van der Waals surface area contributed by atoms with Crippen molar-refractivity contribution < 1.29 is 13.2 Å². The van der Waals surface area contributed by atoms with Crippen molar-refractivity contribution in [2.45, 2.75) is 17.6 Å². The van der Waals surface area contributed by atoms with Gasteiger partial charge in [0.25, 0.3) is 0 Å². The molecule has 1 fully saturated rings. The molecule has 7 heteroatoms. The minimum Gasteiger partial charge on any atom is -0.342 e. The second-order valence-corrected chi connectivity index (χ2v) is 7.59. The quantitative estimate of drug-likeness (QED) is 0.740. The Morgan fingerprint density at radius 2 is 2.00 bits per heavy atom. The zero-order valence-electron chi connectivity index (χ0n) is 9.97. The molecular formula is C10H16N2O3S2. The van der Waals surface area contributed by atoms with Gasteiger partial charge in [-0.1, -0.05) is 0 Å². The van der Waals surface area contributed by atoms with Gasteiger partial charge in [-0.3, -0.25) is 4.79 Å². The molecule has 1 saturated heterocycles. The molecule has 0 atom stereocenters. The number of piperidine rings is 1. The van der Waals surface area contributed by atoms with Gasteiger partial charge in [0, 0.05) is 19.3 Å². The van der Waals surface area contributed by atoms with E-state index in [4.69, 9.17) is 5.26 Å². The molecule has 1 rings (SSSR count). The van der Waals surface area contributed by atoms with Gasteiger partial charge >= 0.3 is 0 Å². The first-order chi connectivity index (χ1) is 7.82. The molecule has 5 nitrogen and oxygen atoms in total. The Balaban J connectivity index is 2.59. The topological polar surface area (TPSA) is 78.2 Å². The zero-order chi connectivity index (χ0) is 13.1. The maximum absolute atomic E-state index is 11.7. The number of carbonyl (C=O) groups is 1. The fourth-order valence-electron chi connectivity index (χ4n) is 1.79. The first-order valence-corrected chi connectivity index (χ1v) is 8.52. The summed E-state index contributed by atoms with van der Waals surface area (Å²) in [4.78, 5) is 13.2. The normalized spacial score (nSPS) is 19.7. The molecule has 0 unspecified atom stereocenters. The first kappa shape index (κ1) is 14.3. The van der Waals surface area contributed by atoms with E-state index in [0.29, 0.717) is 25.9 Å². The van der Waals surface area contributed by atoms with Crippen LogP contribution in [0.25, 0.3) is 0 Å². The van der Waals surface area contributed by atoms with Crippen LogP contribution in [0.15, 0.2) is 0 Å². The van der Waals surface area contributed by atoms with E-state index in [1.807, 2.05) is 6.26 Å². The second kappa shape index (κ2) is 5.27. The second-order valence-electron chi connectivity index (χ2n) is 4.26. The molecule has 1 aliphatic heterocycles. The summed E-state index contributed by atoms with van der Waals surface area (Å²) in [5, 5.41) is 9.08. The van der Waals surface area contributed by atoms with Crippen LogP contribution in [0, 0.1) is 11.3 Å². The summed E-state index contributed by atoms with van der Waals surface area (Å²) >= 11 is 1.50. The van der Waals surface area contributed by atoms with Gasteiger partial charge < -0.3 is 4.90 Å². The van der Waals surface area contributed by atoms with Crippen molar-refractivity contribution in [2.75, 3.05) is 31.4 Å². The number of carbonyl (C=O) groups excluding carboxylic acids is 1. The Kier molecular flexibility index (Phi) is 4.44. The number of amides is 1. The van der Waals surface area contributed by atoms with Crippen LogP contribution in [0.2, 0.25) is 0 Å². The van der Waals surface area contributed by atoms with Gasteiger partial charge in [-0.05, 0) is 19.1 Å². The van der Waals surface area contributed by atoms with Gasteiger partial charge in [0.2, 0.25) is 5.91 Å². The molecule has 0 aromatic heterocycles. The van der Waals surface area contributed by atoms with Gasteiger partial charge in [-0.25, -0.2) is 8.42 Å². The van der Waals surface area contributed by atoms with E-state index in [0.717, 1.165) is 6.26 Å². The van der Waals surface area contributed by atoms with E-state index in [2.05, 4.69) is 6.07 Å². The van der Waals surface area contributed by atoms with E-state index >= 15 is 0 Å². The highest BCUT2D eigenvalue weighted by Crippen LogP contribution is 2.33. The standard InChI is InChI=1S/C10H16N2O3S2/c1-16-10(8-11)3-5-12(6-4-10)9(13)7-17(2,14)15/h3-7H2,1-2H3. The average molecular weight is 276 g/mol. The molecule has 0 aliphatic carbocycles. The Bertz CT molecular complexity index is 431. The summed E-state index contributed by atoms with van der Waals surface area (Å²) < 4.78 is 21.6. The summed E-state index contributed by atoms with van der Waals surface area (Å²) in [5.74, 6) is -0.800. The van der Waals surface area contributed by atoms with Crippen molar-refractivity contribution in [1.82, 2.24) is 4.90 Å². The van der Waals surface area contributed by atoms with Crippen molar-refractivity contribution in [3.05, 3.63) is 0 Å². The lowest BCUT2D eigenvalue weighted by atomic mass is 9.97. The Labute approximate surface area is 106 Å². The Morgan fingerprint density at radius 1 is 1.47 bits per heavy atom. The van der Waals surface area contributed by atoms with E-state index in [-0.39, 0.29) is 5.91 Å². The van der Waals surface area contributed by atoms with Crippen LogP contribution in [0.5, 0.6) is 0 Å². The van der Waals surface area contributed by atoms with Gasteiger partial charge in [-0.2, -0.15) is 5.26 Å². The van der Waals surface area contributed by atoms with Crippen LogP contribution in [0.3, 0.4) is 0 Å². The molecule has 1 amide bonds. The monoisotopic (exact) mass is 276 g/mol. The van der Waals surface area contributed by atoms with Crippen molar-refractivity contribution in [3.8, 4) is 6.07 Å². The van der Waals surface area contributed by atoms with E-state index < -0.39 is 20.3 Å². The lowest BCUT2D eigenvalue weighted by molar-refractivity contribution is -0.129. The van der Waals surface area contributed by atoms with E-state index in [1.54, 1.807) is 0 Å². The van der Waals surface area contributed by atoms with Crippen LogP contribution in [-0.4, -0.2) is 55.3 Å². The van der Waals surface area contributed by atoms with Crippen molar-refractivity contribution in [1.29, 1.82) is 5.26 Å². The third-order valence-corrected chi connectivity index (χ3v) is 4.96. The van der Waals surface area contributed by atoms with E-state index in [1.165, 1.54) is 16.7 Å².